The number of hydrogen-bond donors (Lipinski definition) is 0. The highest BCUT2D eigenvalue weighted by Gasteiger charge is 2.25. The van der Waals surface area contributed by atoms with Gasteiger partial charge in [0.15, 0.2) is 0 Å². The number of ether oxygens (including phenoxy) is 1. The van der Waals surface area contributed by atoms with Gasteiger partial charge in [0.25, 0.3) is 5.91 Å². The fraction of sp³-hybridized carbons (Fsp3) is 0.286. The smallest absolute Gasteiger partial charge is 0.264 e. The van der Waals surface area contributed by atoms with Crippen LogP contribution in [-0.4, -0.2) is 49.1 Å². The van der Waals surface area contributed by atoms with Crippen LogP contribution in [0.25, 0.3) is 10.1 Å². The zero-order chi connectivity index (χ0) is 19.7. The van der Waals surface area contributed by atoms with Crippen LogP contribution in [-0.2, 0) is 0 Å². The molecule has 1 amide bonds. The number of piperazine rings is 1. The molecule has 1 aliphatic heterocycles. The Morgan fingerprint density at radius 1 is 1.21 bits per heavy atom. The lowest BCUT2D eigenvalue weighted by molar-refractivity contribution is 0.0751. The number of hydrogen-bond acceptors (Lipinski definition) is 6. The molecule has 0 radical (unpaired) electrons. The first-order valence-corrected chi connectivity index (χ1v) is 9.90. The Bertz CT molecular complexity index is 1060. The summed E-state index contributed by atoms with van der Waals surface area (Å²) in [5, 5.41) is 9.95. The molecule has 1 fully saturated rings. The molecule has 0 saturated carbocycles. The molecule has 3 aromatic rings. The predicted molar refractivity (Wildman–Crippen MR) is 110 cm³/mol. The van der Waals surface area contributed by atoms with E-state index in [1.54, 1.807) is 30.7 Å². The first-order valence-electron chi connectivity index (χ1n) is 9.08. The van der Waals surface area contributed by atoms with Crippen LogP contribution in [0.3, 0.4) is 0 Å². The lowest BCUT2D eigenvalue weighted by Gasteiger charge is -2.35. The molecule has 0 bridgehead atoms. The number of aromatic nitrogens is 1. The molecule has 2 aromatic heterocycles. The maximum Gasteiger partial charge on any atom is 0.264 e. The summed E-state index contributed by atoms with van der Waals surface area (Å²) in [5.74, 6) is 0.896. The maximum absolute atomic E-state index is 13.1. The van der Waals surface area contributed by atoms with Crippen LogP contribution in [0.2, 0.25) is 0 Å². The van der Waals surface area contributed by atoms with Crippen molar-refractivity contribution in [2.45, 2.75) is 6.92 Å². The number of fused-ring (bicyclic) bond motifs is 1. The molecule has 0 aliphatic carbocycles. The average Bonchev–Trinajstić information content (AvgIpc) is 3.09. The SMILES string of the molecule is COc1ccc2sc(C(=O)N3CCN(c4ccc(C#N)nc4)CC3)c(C)c2c1. The van der Waals surface area contributed by atoms with Gasteiger partial charge in [0.2, 0.25) is 0 Å². The number of aryl methyl sites for hydroxylation is 1. The van der Waals surface area contributed by atoms with Crippen molar-refractivity contribution in [2.24, 2.45) is 0 Å². The Kier molecular flexibility index (Phi) is 4.88. The van der Waals surface area contributed by atoms with Gasteiger partial charge < -0.3 is 14.5 Å². The molecule has 3 heterocycles. The van der Waals surface area contributed by atoms with E-state index in [1.165, 1.54) is 0 Å². The standard InChI is InChI=1S/C21H20N4O2S/c1-14-18-11-17(27-2)5-6-19(18)28-20(14)21(26)25-9-7-24(8-10-25)16-4-3-15(12-22)23-13-16/h3-6,11,13H,7-10H2,1-2H3. The van der Waals surface area contributed by atoms with Crippen LogP contribution in [0.5, 0.6) is 5.75 Å². The summed E-state index contributed by atoms with van der Waals surface area (Å²) >= 11 is 1.55. The van der Waals surface area contributed by atoms with E-state index < -0.39 is 0 Å². The number of thiophene rings is 1. The third-order valence-corrected chi connectivity index (χ3v) is 6.39. The molecule has 7 heteroatoms. The zero-order valence-electron chi connectivity index (χ0n) is 15.8. The van der Waals surface area contributed by atoms with Crippen molar-refractivity contribution in [3.8, 4) is 11.8 Å². The average molecular weight is 392 g/mol. The number of pyridine rings is 1. The lowest BCUT2D eigenvalue weighted by Crippen LogP contribution is -2.48. The Balaban J connectivity index is 1.48. The number of anilines is 1. The summed E-state index contributed by atoms with van der Waals surface area (Å²) in [6.07, 6.45) is 1.72. The van der Waals surface area contributed by atoms with Gasteiger partial charge in [0.1, 0.15) is 17.5 Å². The zero-order valence-corrected chi connectivity index (χ0v) is 16.6. The molecular formula is C21H20N4O2S. The molecule has 1 aliphatic rings. The highest BCUT2D eigenvalue weighted by molar-refractivity contribution is 7.21. The first-order chi connectivity index (χ1) is 13.6. The Morgan fingerprint density at radius 3 is 2.64 bits per heavy atom. The van der Waals surface area contributed by atoms with E-state index in [2.05, 4.69) is 9.88 Å². The maximum atomic E-state index is 13.1. The Hall–Kier alpha value is -3.11. The summed E-state index contributed by atoms with van der Waals surface area (Å²) in [4.78, 5) is 22.2. The van der Waals surface area contributed by atoms with Crippen molar-refractivity contribution >= 4 is 33.0 Å². The van der Waals surface area contributed by atoms with Gasteiger partial charge in [-0.3, -0.25) is 4.79 Å². The second-order valence-electron chi connectivity index (χ2n) is 6.71. The fourth-order valence-corrected chi connectivity index (χ4v) is 4.64. The Labute approximate surface area is 167 Å². The minimum atomic E-state index is 0.0928. The normalized spacial score (nSPS) is 14.2. The minimum Gasteiger partial charge on any atom is -0.497 e. The van der Waals surface area contributed by atoms with Gasteiger partial charge in [-0.1, -0.05) is 0 Å². The van der Waals surface area contributed by atoms with E-state index in [-0.39, 0.29) is 5.91 Å². The second-order valence-corrected chi connectivity index (χ2v) is 7.76. The quantitative estimate of drug-likeness (QED) is 0.683. The van der Waals surface area contributed by atoms with E-state index in [0.717, 1.165) is 45.1 Å². The van der Waals surface area contributed by atoms with Gasteiger partial charge in [-0.05, 0) is 48.2 Å². The van der Waals surface area contributed by atoms with Crippen molar-refractivity contribution in [1.82, 2.24) is 9.88 Å². The first kappa shape index (κ1) is 18.3. The van der Waals surface area contributed by atoms with E-state index in [4.69, 9.17) is 10.00 Å². The van der Waals surface area contributed by atoms with Crippen molar-refractivity contribution < 1.29 is 9.53 Å². The lowest BCUT2D eigenvalue weighted by atomic mass is 10.1. The van der Waals surface area contributed by atoms with Crippen LogP contribution < -0.4 is 9.64 Å². The molecule has 0 unspecified atom stereocenters. The van der Waals surface area contributed by atoms with Gasteiger partial charge in [-0.15, -0.1) is 11.3 Å². The number of methoxy groups -OCH3 is 1. The van der Waals surface area contributed by atoms with Crippen LogP contribution in [0, 0.1) is 18.3 Å². The van der Waals surface area contributed by atoms with E-state index in [1.807, 2.05) is 42.2 Å². The molecule has 0 spiro atoms. The van der Waals surface area contributed by atoms with E-state index in [9.17, 15) is 4.79 Å². The number of nitriles is 1. The van der Waals surface area contributed by atoms with Crippen molar-refractivity contribution in [3.63, 3.8) is 0 Å². The second kappa shape index (κ2) is 7.49. The third kappa shape index (κ3) is 3.27. The number of carbonyl (C=O) groups excluding carboxylic acids is 1. The van der Waals surface area contributed by atoms with Crippen LogP contribution in [0.4, 0.5) is 5.69 Å². The molecule has 0 N–H and O–H groups in total. The van der Waals surface area contributed by atoms with Crippen molar-refractivity contribution in [3.05, 3.63) is 52.7 Å². The number of amides is 1. The van der Waals surface area contributed by atoms with Gasteiger partial charge >= 0.3 is 0 Å². The van der Waals surface area contributed by atoms with Crippen LogP contribution in [0.1, 0.15) is 20.9 Å². The minimum absolute atomic E-state index is 0.0928. The molecule has 6 nitrogen and oxygen atoms in total. The molecule has 0 atom stereocenters. The number of benzene rings is 1. The van der Waals surface area contributed by atoms with E-state index in [0.29, 0.717) is 18.8 Å². The highest BCUT2D eigenvalue weighted by atomic mass is 32.1. The van der Waals surface area contributed by atoms with E-state index >= 15 is 0 Å². The molecule has 28 heavy (non-hydrogen) atoms. The molecule has 1 saturated heterocycles. The monoisotopic (exact) mass is 392 g/mol. The van der Waals surface area contributed by atoms with Gasteiger partial charge in [-0.2, -0.15) is 5.26 Å². The number of nitrogens with zero attached hydrogens (tertiary/aromatic N) is 4. The predicted octanol–water partition coefficient (Wildman–Crippen LogP) is 3.45. The number of carbonyl (C=O) groups is 1. The molecule has 1 aromatic carbocycles. The Morgan fingerprint density at radius 2 is 2.00 bits per heavy atom. The number of rotatable bonds is 3. The van der Waals surface area contributed by atoms with Crippen LogP contribution in [0.15, 0.2) is 36.5 Å². The molecular weight excluding hydrogens is 372 g/mol. The van der Waals surface area contributed by atoms with Crippen molar-refractivity contribution in [1.29, 1.82) is 5.26 Å². The summed E-state index contributed by atoms with van der Waals surface area (Å²) < 4.78 is 6.41. The van der Waals surface area contributed by atoms with Crippen molar-refractivity contribution in [2.75, 3.05) is 38.2 Å². The topological polar surface area (TPSA) is 69.5 Å². The summed E-state index contributed by atoms with van der Waals surface area (Å²) in [6, 6.07) is 11.6. The third-order valence-electron chi connectivity index (χ3n) is 5.13. The van der Waals surface area contributed by atoms with Gasteiger partial charge in [-0.25, -0.2) is 4.98 Å². The molecule has 4 rings (SSSR count). The van der Waals surface area contributed by atoms with Gasteiger partial charge in [0, 0.05) is 30.9 Å². The fourth-order valence-electron chi connectivity index (χ4n) is 3.48. The molecule has 142 valence electrons. The summed E-state index contributed by atoms with van der Waals surface area (Å²) in [6.45, 7) is 4.82. The summed E-state index contributed by atoms with van der Waals surface area (Å²) in [5.41, 5.74) is 2.41. The largest absolute Gasteiger partial charge is 0.497 e. The van der Waals surface area contributed by atoms with Gasteiger partial charge in [0.05, 0.1) is 23.9 Å². The highest BCUT2D eigenvalue weighted by Crippen LogP contribution is 2.34. The van der Waals surface area contributed by atoms with Crippen LogP contribution >= 0.6 is 11.3 Å². The summed E-state index contributed by atoms with van der Waals surface area (Å²) in [7, 11) is 1.65.